The Labute approximate surface area is 146 Å². The third-order valence-corrected chi connectivity index (χ3v) is 3.75. The van der Waals surface area contributed by atoms with Gasteiger partial charge in [0.05, 0.1) is 0 Å². The molecule has 1 rings (SSSR count). The topological polar surface area (TPSA) is 26.7 Å². The van der Waals surface area contributed by atoms with E-state index in [0.717, 1.165) is 42.9 Å². The molecule has 0 aromatic heterocycles. The fourth-order valence-electron chi connectivity index (χ4n) is 2.79. The normalized spacial score (nSPS) is 10.8. The van der Waals surface area contributed by atoms with E-state index in [1.807, 2.05) is 36.4 Å². The van der Waals surface area contributed by atoms with Crippen LogP contribution in [0.25, 0.3) is 0 Å². The molecule has 0 bridgehead atoms. The highest BCUT2D eigenvalue weighted by Crippen LogP contribution is 2.27. The van der Waals surface area contributed by atoms with Crippen LogP contribution < -0.4 is 0 Å². The SMILES string of the molecule is C=CCN(CC=C)Cc1cc(C)cc(CN(CC=C)CC=C)c1O. The van der Waals surface area contributed by atoms with Crippen molar-refractivity contribution in [1.29, 1.82) is 0 Å². The van der Waals surface area contributed by atoms with Crippen molar-refractivity contribution in [1.82, 2.24) is 9.80 Å². The number of rotatable bonds is 12. The molecule has 0 aliphatic rings. The van der Waals surface area contributed by atoms with Gasteiger partial charge in [0.25, 0.3) is 0 Å². The first-order valence-electron chi connectivity index (χ1n) is 8.25. The van der Waals surface area contributed by atoms with Crippen molar-refractivity contribution < 1.29 is 5.11 Å². The minimum Gasteiger partial charge on any atom is -0.507 e. The summed E-state index contributed by atoms with van der Waals surface area (Å²) in [6, 6.07) is 4.09. The van der Waals surface area contributed by atoms with Crippen LogP contribution in [-0.4, -0.2) is 41.1 Å². The minimum atomic E-state index is 0.372. The van der Waals surface area contributed by atoms with E-state index in [1.165, 1.54) is 0 Å². The Morgan fingerprint density at radius 2 is 1.12 bits per heavy atom. The fraction of sp³-hybridized carbons (Fsp3) is 0.333. The summed E-state index contributed by atoms with van der Waals surface area (Å²) in [5.74, 6) is 0.372. The molecule has 1 aromatic carbocycles. The summed E-state index contributed by atoms with van der Waals surface area (Å²) in [6.45, 7) is 21.6. The predicted molar refractivity (Wildman–Crippen MR) is 104 cm³/mol. The van der Waals surface area contributed by atoms with E-state index in [4.69, 9.17) is 0 Å². The number of phenolic OH excluding ortho intramolecular Hbond substituents is 1. The summed E-state index contributed by atoms with van der Waals surface area (Å²) in [7, 11) is 0. The Morgan fingerprint density at radius 3 is 1.42 bits per heavy atom. The summed E-state index contributed by atoms with van der Waals surface area (Å²) in [6.07, 6.45) is 7.47. The Morgan fingerprint density at radius 1 is 0.792 bits per heavy atom. The Kier molecular flexibility index (Phi) is 8.84. The standard InChI is InChI=1S/C21H30N2O/c1-6-10-22(11-7-2)16-19-14-18(5)15-20(21(19)24)17-23(12-8-3)13-9-4/h6-9,14-15,24H,1-4,10-13,16-17H2,5H3. The van der Waals surface area contributed by atoms with Crippen molar-refractivity contribution in [3.63, 3.8) is 0 Å². The van der Waals surface area contributed by atoms with Crippen molar-refractivity contribution in [2.45, 2.75) is 20.0 Å². The monoisotopic (exact) mass is 326 g/mol. The van der Waals surface area contributed by atoms with Crippen LogP contribution in [0.15, 0.2) is 62.8 Å². The van der Waals surface area contributed by atoms with Crippen LogP contribution in [0.1, 0.15) is 16.7 Å². The zero-order valence-corrected chi connectivity index (χ0v) is 14.9. The zero-order valence-electron chi connectivity index (χ0n) is 14.9. The van der Waals surface area contributed by atoms with Gasteiger partial charge in [-0.3, -0.25) is 9.80 Å². The largest absolute Gasteiger partial charge is 0.507 e. The maximum Gasteiger partial charge on any atom is 0.124 e. The molecular formula is C21H30N2O. The number of nitrogens with zero attached hydrogens (tertiary/aromatic N) is 2. The van der Waals surface area contributed by atoms with Gasteiger partial charge in [0.15, 0.2) is 0 Å². The Hall–Kier alpha value is -2.10. The van der Waals surface area contributed by atoms with Gasteiger partial charge in [-0.15, -0.1) is 26.3 Å². The van der Waals surface area contributed by atoms with Crippen molar-refractivity contribution >= 4 is 0 Å². The second-order valence-corrected chi connectivity index (χ2v) is 5.97. The smallest absolute Gasteiger partial charge is 0.124 e. The molecule has 1 N–H and O–H groups in total. The van der Waals surface area contributed by atoms with Crippen molar-refractivity contribution in [2.24, 2.45) is 0 Å². The Balaban J connectivity index is 3.04. The van der Waals surface area contributed by atoms with Gasteiger partial charge < -0.3 is 5.11 Å². The first-order valence-corrected chi connectivity index (χ1v) is 8.25. The molecule has 0 spiro atoms. The lowest BCUT2D eigenvalue weighted by Gasteiger charge is -2.23. The molecule has 3 nitrogen and oxygen atoms in total. The van der Waals surface area contributed by atoms with Crippen molar-refractivity contribution in [3.8, 4) is 5.75 Å². The molecule has 1 aromatic rings. The van der Waals surface area contributed by atoms with Crippen LogP contribution in [0.5, 0.6) is 5.75 Å². The fourth-order valence-corrected chi connectivity index (χ4v) is 2.79. The van der Waals surface area contributed by atoms with Crippen molar-refractivity contribution in [3.05, 3.63) is 79.4 Å². The van der Waals surface area contributed by atoms with E-state index < -0.39 is 0 Å². The quantitative estimate of drug-likeness (QED) is 0.587. The molecule has 3 heteroatoms. The molecule has 0 fully saturated rings. The number of aryl methyl sites for hydroxylation is 1. The molecule has 0 radical (unpaired) electrons. The van der Waals surface area contributed by atoms with Gasteiger partial charge in [0, 0.05) is 50.4 Å². The highest BCUT2D eigenvalue weighted by Gasteiger charge is 2.14. The predicted octanol–water partition coefficient (Wildman–Crippen LogP) is 4.05. The highest BCUT2D eigenvalue weighted by molar-refractivity contribution is 5.43. The van der Waals surface area contributed by atoms with Gasteiger partial charge in [-0.1, -0.05) is 42.0 Å². The van der Waals surface area contributed by atoms with Crippen LogP contribution in [0, 0.1) is 6.92 Å². The van der Waals surface area contributed by atoms with Crippen LogP contribution in [0.2, 0.25) is 0 Å². The molecule has 0 aliphatic carbocycles. The van der Waals surface area contributed by atoms with Gasteiger partial charge in [-0.2, -0.15) is 0 Å². The lowest BCUT2D eigenvalue weighted by atomic mass is 10.0. The molecule has 0 unspecified atom stereocenters. The van der Waals surface area contributed by atoms with Gasteiger partial charge in [-0.25, -0.2) is 0 Å². The van der Waals surface area contributed by atoms with Gasteiger partial charge in [0.1, 0.15) is 5.75 Å². The number of benzene rings is 1. The number of hydrogen-bond acceptors (Lipinski definition) is 3. The van der Waals surface area contributed by atoms with E-state index in [9.17, 15) is 5.11 Å². The summed E-state index contributed by atoms with van der Waals surface area (Å²) >= 11 is 0. The molecule has 130 valence electrons. The Bertz CT molecular complexity index is 510. The van der Waals surface area contributed by atoms with Crippen LogP contribution in [-0.2, 0) is 13.1 Å². The molecule has 0 aliphatic heterocycles. The summed E-state index contributed by atoms with van der Waals surface area (Å²) < 4.78 is 0. The average molecular weight is 326 g/mol. The maximum atomic E-state index is 10.7. The van der Waals surface area contributed by atoms with E-state index in [1.54, 1.807) is 0 Å². The molecule has 0 amide bonds. The first kappa shape index (κ1) is 19.9. The third-order valence-electron chi connectivity index (χ3n) is 3.75. The molecule has 0 atom stereocenters. The highest BCUT2D eigenvalue weighted by atomic mass is 16.3. The summed E-state index contributed by atoms with van der Waals surface area (Å²) in [5.41, 5.74) is 3.02. The van der Waals surface area contributed by atoms with E-state index in [2.05, 4.69) is 43.0 Å². The molecule has 24 heavy (non-hydrogen) atoms. The lowest BCUT2D eigenvalue weighted by Crippen LogP contribution is -2.25. The summed E-state index contributed by atoms with van der Waals surface area (Å²) in [5, 5.41) is 10.7. The van der Waals surface area contributed by atoms with Gasteiger partial charge in [0.2, 0.25) is 0 Å². The maximum absolute atomic E-state index is 10.7. The summed E-state index contributed by atoms with van der Waals surface area (Å²) in [4.78, 5) is 4.37. The molecular weight excluding hydrogens is 296 g/mol. The van der Waals surface area contributed by atoms with E-state index in [-0.39, 0.29) is 0 Å². The van der Waals surface area contributed by atoms with E-state index in [0.29, 0.717) is 18.8 Å². The number of hydrogen-bond donors (Lipinski definition) is 1. The first-order chi connectivity index (χ1) is 11.5. The third kappa shape index (κ3) is 6.19. The zero-order chi connectivity index (χ0) is 17.9. The lowest BCUT2D eigenvalue weighted by molar-refractivity contribution is 0.309. The second kappa shape index (κ2) is 10.6. The van der Waals surface area contributed by atoms with Gasteiger partial charge in [-0.05, 0) is 6.92 Å². The number of phenols is 1. The number of aromatic hydroxyl groups is 1. The average Bonchev–Trinajstić information content (AvgIpc) is 2.52. The van der Waals surface area contributed by atoms with Crippen LogP contribution >= 0.6 is 0 Å². The molecule has 0 saturated heterocycles. The van der Waals surface area contributed by atoms with Gasteiger partial charge >= 0.3 is 0 Å². The van der Waals surface area contributed by atoms with Crippen LogP contribution in [0.4, 0.5) is 0 Å². The van der Waals surface area contributed by atoms with Crippen molar-refractivity contribution in [2.75, 3.05) is 26.2 Å². The van der Waals surface area contributed by atoms with E-state index >= 15 is 0 Å². The molecule has 0 saturated carbocycles. The second-order valence-electron chi connectivity index (χ2n) is 5.97. The minimum absolute atomic E-state index is 0.372. The molecule has 0 heterocycles. The van der Waals surface area contributed by atoms with Crippen LogP contribution in [0.3, 0.4) is 0 Å².